The number of nitrogens with zero attached hydrogens (tertiary/aromatic N) is 2. The van der Waals surface area contributed by atoms with Crippen molar-refractivity contribution in [3.05, 3.63) is 59.4 Å². The minimum Gasteiger partial charge on any atom is -0.493 e. The Hall–Kier alpha value is -2.62. The van der Waals surface area contributed by atoms with Crippen LogP contribution in [0, 0.1) is 23.1 Å². The van der Waals surface area contributed by atoms with E-state index in [0.717, 1.165) is 82.1 Å². The van der Waals surface area contributed by atoms with E-state index in [2.05, 4.69) is 24.0 Å². The molecule has 0 spiro atoms. The van der Waals surface area contributed by atoms with Gasteiger partial charge in [0, 0.05) is 0 Å². The third-order valence-electron chi connectivity index (χ3n) is 9.73. The molecule has 1 N–H and O–H groups in total. The molecule has 2 unspecified atom stereocenters. The number of aliphatic hydroxyl groups excluding tert-OH is 1. The molecule has 2 aromatic rings. The molecule has 1 saturated heterocycles. The summed E-state index contributed by atoms with van der Waals surface area (Å²) >= 11 is 0. The summed E-state index contributed by atoms with van der Waals surface area (Å²) in [6, 6.07) is 15.0. The first-order chi connectivity index (χ1) is 21.5. The maximum atomic E-state index is 13.3. The Balaban J connectivity index is 1.47. The number of likely N-dealkylation sites (tertiary alicyclic amines) is 1. The fraction of sp³-hybridized carbons (Fsp3) is 0.658. The molecule has 2 aromatic carbocycles. The van der Waals surface area contributed by atoms with Crippen molar-refractivity contribution in [3.8, 4) is 17.6 Å². The van der Waals surface area contributed by atoms with Gasteiger partial charge in [-0.05, 0) is 93.0 Å². The Morgan fingerprint density at radius 3 is 1.98 bits per heavy atom. The molecule has 0 bridgehead atoms. The number of hydrogen-bond donors (Lipinski definition) is 1. The average Bonchev–Trinajstić information content (AvgIpc) is 3.06. The summed E-state index contributed by atoms with van der Waals surface area (Å²) in [4.78, 5) is 2.50. The molecular weight excluding hydrogens is 551 g/mol. The maximum absolute atomic E-state index is 13.3. The van der Waals surface area contributed by atoms with Crippen molar-refractivity contribution in [2.24, 2.45) is 5.92 Å². The van der Waals surface area contributed by atoms with Gasteiger partial charge in [-0.25, -0.2) is 4.39 Å². The van der Waals surface area contributed by atoms with Crippen molar-refractivity contribution < 1.29 is 19.0 Å². The lowest BCUT2D eigenvalue weighted by atomic mass is 9.73. The minimum absolute atomic E-state index is 0.218. The largest absolute Gasteiger partial charge is 0.493 e. The smallest absolute Gasteiger partial charge is 0.161 e. The van der Waals surface area contributed by atoms with Gasteiger partial charge in [-0.15, -0.1) is 0 Å². The number of halogens is 1. The van der Waals surface area contributed by atoms with Crippen LogP contribution in [0.25, 0.3) is 0 Å². The van der Waals surface area contributed by atoms with Gasteiger partial charge in [-0.2, -0.15) is 5.26 Å². The molecular formula is C38H57FN2O3. The first-order valence-electron chi connectivity index (χ1n) is 17.3. The Kier molecular flexibility index (Phi) is 16.1. The number of nitriles is 1. The first-order valence-corrected chi connectivity index (χ1v) is 17.3. The highest BCUT2D eigenvalue weighted by Crippen LogP contribution is 2.40. The molecule has 1 aliphatic heterocycles. The molecule has 6 heteroatoms. The van der Waals surface area contributed by atoms with Crippen molar-refractivity contribution in [2.45, 2.75) is 121 Å². The predicted octanol–water partition coefficient (Wildman–Crippen LogP) is 9.53. The van der Waals surface area contributed by atoms with Crippen molar-refractivity contribution >= 4 is 0 Å². The van der Waals surface area contributed by atoms with E-state index in [1.54, 1.807) is 26.4 Å². The van der Waals surface area contributed by atoms with Crippen molar-refractivity contribution in [3.63, 3.8) is 0 Å². The van der Waals surface area contributed by atoms with Crippen molar-refractivity contribution in [1.29, 1.82) is 5.26 Å². The second kappa shape index (κ2) is 19.7. The van der Waals surface area contributed by atoms with Gasteiger partial charge in [0.05, 0.1) is 31.8 Å². The molecule has 5 nitrogen and oxygen atoms in total. The van der Waals surface area contributed by atoms with Gasteiger partial charge in [0.2, 0.25) is 0 Å². The lowest BCUT2D eigenvalue weighted by molar-refractivity contribution is 0.0583. The summed E-state index contributed by atoms with van der Waals surface area (Å²) < 4.78 is 24.4. The third-order valence-corrected chi connectivity index (χ3v) is 9.73. The third kappa shape index (κ3) is 11.1. The molecule has 44 heavy (non-hydrogen) atoms. The second-order valence-electron chi connectivity index (χ2n) is 12.8. The Morgan fingerprint density at radius 2 is 1.41 bits per heavy atom. The summed E-state index contributed by atoms with van der Waals surface area (Å²) in [5.41, 5.74) is 1.33. The molecule has 1 aliphatic rings. The van der Waals surface area contributed by atoms with E-state index in [1.807, 2.05) is 12.1 Å². The number of methoxy groups -OCH3 is 2. The van der Waals surface area contributed by atoms with Gasteiger partial charge in [0.15, 0.2) is 11.5 Å². The molecule has 3 rings (SSSR count). The van der Waals surface area contributed by atoms with E-state index < -0.39 is 11.5 Å². The van der Waals surface area contributed by atoms with Gasteiger partial charge < -0.3 is 19.5 Å². The van der Waals surface area contributed by atoms with E-state index >= 15 is 0 Å². The van der Waals surface area contributed by atoms with Gasteiger partial charge in [-0.3, -0.25) is 0 Å². The fourth-order valence-corrected chi connectivity index (χ4v) is 6.82. The van der Waals surface area contributed by atoms with Gasteiger partial charge in [-0.1, -0.05) is 95.8 Å². The zero-order valence-corrected chi connectivity index (χ0v) is 27.7. The standard InChI is InChI=1S/C38H57FN2O3/c1-4-5-6-7-8-9-10-11-13-24-38(30-40,33-18-21-35(43-2)36(29-33)44-3)25-14-12-15-26-41-27-22-32(23-28-41)37(42)31-16-19-34(39)20-17-31/h16-21,29,32,37,42H,4-15,22-28H2,1-3H3. The molecule has 0 radical (unpaired) electrons. The highest BCUT2D eigenvalue weighted by molar-refractivity contribution is 5.47. The van der Waals surface area contributed by atoms with Crippen molar-refractivity contribution in [2.75, 3.05) is 33.9 Å². The number of aliphatic hydroxyl groups is 1. The maximum Gasteiger partial charge on any atom is 0.161 e. The van der Waals surface area contributed by atoms with Crippen LogP contribution in [0.3, 0.4) is 0 Å². The molecule has 244 valence electrons. The predicted molar refractivity (Wildman–Crippen MR) is 178 cm³/mol. The molecule has 2 atom stereocenters. The molecule has 0 aliphatic carbocycles. The van der Waals surface area contributed by atoms with E-state index in [0.29, 0.717) is 11.5 Å². The first kappa shape index (κ1) is 35.9. The zero-order chi connectivity index (χ0) is 31.6. The summed E-state index contributed by atoms with van der Waals surface area (Å²) in [5.74, 6) is 1.33. The van der Waals surface area contributed by atoms with Crippen LogP contribution in [-0.2, 0) is 5.41 Å². The minimum atomic E-state index is -0.528. The molecule has 0 saturated carbocycles. The molecule has 1 heterocycles. The fourth-order valence-electron chi connectivity index (χ4n) is 6.82. The monoisotopic (exact) mass is 608 g/mol. The van der Waals surface area contributed by atoms with Crippen LogP contribution >= 0.6 is 0 Å². The number of benzene rings is 2. The van der Waals surface area contributed by atoms with Crippen LogP contribution < -0.4 is 9.47 Å². The normalized spacial score (nSPS) is 16.3. The molecule has 0 aromatic heterocycles. The summed E-state index contributed by atoms with van der Waals surface area (Å²) in [6.07, 6.45) is 17.7. The Bertz CT molecular complexity index is 1110. The van der Waals surface area contributed by atoms with Gasteiger partial charge in [0.1, 0.15) is 5.82 Å². The molecule has 1 fully saturated rings. The number of piperidine rings is 1. The lowest BCUT2D eigenvalue weighted by Gasteiger charge is -2.34. The van der Waals surface area contributed by atoms with E-state index in [-0.39, 0.29) is 11.7 Å². The topological polar surface area (TPSA) is 65.7 Å². The van der Waals surface area contributed by atoms with Gasteiger partial charge >= 0.3 is 0 Å². The van der Waals surface area contributed by atoms with E-state index in [4.69, 9.17) is 9.47 Å². The lowest BCUT2D eigenvalue weighted by Crippen LogP contribution is -2.36. The SMILES string of the molecule is CCCCCCCCCCCC(C#N)(CCCCCN1CCC(C(O)c2ccc(F)cc2)CC1)c1ccc(OC)c(OC)c1. The van der Waals surface area contributed by atoms with Crippen LogP contribution in [0.1, 0.15) is 127 Å². The number of rotatable bonds is 21. The molecule has 0 amide bonds. The number of ether oxygens (including phenoxy) is 2. The highest BCUT2D eigenvalue weighted by atomic mass is 19.1. The summed E-state index contributed by atoms with van der Waals surface area (Å²) in [6.45, 7) is 5.27. The van der Waals surface area contributed by atoms with Crippen LogP contribution in [0.15, 0.2) is 42.5 Å². The number of hydrogen-bond acceptors (Lipinski definition) is 5. The van der Waals surface area contributed by atoms with E-state index in [1.165, 1.54) is 63.5 Å². The highest BCUT2D eigenvalue weighted by Gasteiger charge is 2.32. The summed E-state index contributed by atoms with van der Waals surface area (Å²) in [5, 5.41) is 21.4. The van der Waals surface area contributed by atoms with Gasteiger partial charge in [0.25, 0.3) is 0 Å². The van der Waals surface area contributed by atoms with Crippen LogP contribution in [0.4, 0.5) is 4.39 Å². The average molecular weight is 609 g/mol. The van der Waals surface area contributed by atoms with E-state index in [9.17, 15) is 14.8 Å². The second-order valence-corrected chi connectivity index (χ2v) is 12.8. The van der Waals surface area contributed by atoms with Crippen LogP contribution in [-0.4, -0.2) is 43.9 Å². The Labute approximate surface area is 266 Å². The number of unbranched alkanes of at least 4 members (excludes halogenated alkanes) is 10. The Morgan fingerprint density at radius 1 is 0.841 bits per heavy atom. The zero-order valence-electron chi connectivity index (χ0n) is 27.7. The quantitative estimate of drug-likeness (QED) is 0.143. The summed E-state index contributed by atoms with van der Waals surface area (Å²) in [7, 11) is 3.30. The van der Waals surface area contributed by atoms with Crippen LogP contribution in [0.2, 0.25) is 0 Å². The van der Waals surface area contributed by atoms with Crippen molar-refractivity contribution in [1.82, 2.24) is 4.90 Å². The van der Waals surface area contributed by atoms with Crippen LogP contribution in [0.5, 0.6) is 11.5 Å².